The molecule has 0 saturated carbocycles. The number of aliphatic carboxylic acids is 1. The summed E-state index contributed by atoms with van der Waals surface area (Å²) in [6, 6.07) is 5.03. The predicted molar refractivity (Wildman–Crippen MR) is 102 cm³/mol. The van der Waals surface area contributed by atoms with Gasteiger partial charge in [0.2, 0.25) is 5.91 Å². The van der Waals surface area contributed by atoms with Crippen molar-refractivity contribution in [3.8, 4) is 0 Å². The SMILES string of the molecule is Cc1cc(C(=O)NC(C)(CC(=O)O)C(C)C)ccc1NC(=O)CC(C)C. The number of benzene rings is 1. The van der Waals surface area contributed by atoms with Crippen LogP contribution in [0.4, 0.5) is 5.69 Å². The third kappa shape index (κ3) is 6.17. The number of anilines is 1. The highest BCUT2D eigenvalue weighted by atomic mass is 16.4. The van der Waals surface area contributed by atoms with Crippen LogP contribution in [0.15, 0.2) is 18.2 Å². The van der Waals surface area contributed by atoms with Crippen molar-refractivity contribution in [2.24, 2.45) is 11.8 Å². The number of aryl methyl sites for hydroxylation is 1. The van der Waals surface area contributed by atoms with Gasteiger partial charge in [-0.2, -0.15) is 0 Å². The fraction of sp³-hybridized carbons (Fsp3) is 0.550. The number of carboxylic acid groups (broad SMARTS) is 1. The zero-order chi connectivity index (χ0) is 20.1. The molecule has 0 heterocycles. The number of nitrogens with one attached hydrogen (secondary N) is 2. The minimum absolute atomic E-state index is 0.0433. The lowest BCUT2D eigenvalue weighted by Gasteiger charge is -2.33. The van der Waals surface area contributed by atoms with E-state index in [4.69, 9.17) is 5.11 Å². The molecule has 0 aliphatic rings. The maximum absolute atomic E-state index is 12.6. The maximum Gasteiger partial charge on any atom is 0.305 e. The number of rotatable bonds is 8. The van der Waals surface area contributed by atoms with Gasteiger partial charge in [-0.25, -0.2) is 0 Å². The molecule has 0 aromatic heterocycles. The van der Waals surface area contributed by atoms with E-state index >= 15 is 0 Å². The quantitative estimate of drug-likeness (QED) is 0.658. The standard InChI is InChI=1S/C20H30N2O4/c1-12(2)9-17(23)21-16-8-7-15(10-14(16)5)19(26)22-20(6,13(3)4)11-18(24)25/h7-8,10,12-13H,9,11H2,1-6H3,(H,21,23)(H,22,26)(H,24,25). The molecule has 0 fully saturated rings. The van der Waals surface area contributed by atoms with Crippen molar-refractivity contribution in [2.45, 2.75) is 59.9 Å². The van der Waals surface area contributed by atoms with Gasteiger partial charge in [-0.3, -0.25) is 14.4 Å². The van der Waals surface area contributed by atoms with Crippen molar-refractivity contribution in [1.82, 2.24) is 5.32 Å². The highest BCUT2D eigenvalue weighted by Gasteiger charge is 2.33. The first kappa shape index (κ1) is 21.7. The van der Waals surface area contributed by atoms with E-state index in [0.717, 1.165) is 5.56 Å². The molecule has 1 aromatic carbocycles. The first-order valence-corrected chi connectivity index (χ1v) is 8.89. The summed E-state index contributed by atoms with van der Waals surface area (Å²) in [7, 11) is 0. The third-order valence-electron chi connectivity index (χ3n) is 4.55. The monoisotopic (exact) mass is 362 g/mol. The molecule has 1 rings (SSSR count). The Balaban J connectivity index is 2.92. The van der Waals surface area contributed by atoms with Crippen LogP contribution in [0.2, 0.25) is 0 Å². The third-order valence-corrected chi connectivity index (χ3v) is 4.55. The molecule has 0 spiro atoms. The Morgan fingerprint density at radius 3 is 2.23 bits per heavy atom. The molecule has 0 saturated heterocycles. The molecular weight excluding hydrogens is 332 g/mol. The van der Waals surface area contributed by atoms with Crippen LogP contribution in [-0.4, -0.2) is 28.4 Å². The second kappa shape index (κ2) is 8.83. The number of hydrogen-bond acceptors (Lipinski definition) is 3. The van der Waals surface area contributed by atoms with E-state index in [1.807, 2.05) is 34.6 Å². The molecule has 2 amide bonds. The van der Waals surface area contributed by atoms with Crippen molar-refractivity contribution < 1.29 is 19.5 Å². The fourth-order valence-corrected chi connectivity index (χ4v) is 2.56. The van der Waals surface area contributed by atoms with Crippen molar-refractivity contribution in [3.05, 3.63) is 29.3 Å². The Morgan fingerprint density at radius 2 is 1.77 bits per heavy atom. The summed E-state index contributed by atoms with van der Waals surface area (Å²) in [6.07, 6.45) is 0.280. The smallest absolute Gasteiger partial charge is 0.305 e. The van der Waals surface area contributed by atoms with Gasteiger partial charge in [-0.05, 0) is 49.4 Å². The highest BCUT2D eigenvalue weighted by Crippen LogP contribution is 2.23. The van der Waals surface area contributed by atoms with Crippen molar-refractivity contribution >= 4 is 23.5 Å². The Labute approximate surface area is 155 Å². The minimum atomic E-state index is -0.958. The first-order valence-electron chi connectivity index (χ1n) is 8.89. The van der Waals surface area contributed by atoms with Crippen LogP contribution in [0.5, 0.6) is 0 Å². The Hall–Kier alpha value is -2.37. The molecule has 1 unspecified atom stereocenters. The molecule has 0 aliphatic heterocycles. The van der Waals surface area contributed by atoms with Crippen LogP contribution in [0, 0.1) is 18.8 Å². The topological polar surface area (TPSA) is 95.5 Å². The number of hydrogen-bond donors (Lipinski definition) is 3. The normalized spacial score (nSPS) is 13.4. The largest absolute Gasteiger partial charge is 0.481 e. The van der Waals surface area contributed by atoms with Gasteiger partial charge in [0.05, 0.1) is 12.0 Å². The van der Waals surface area contributed by atoms with Gasteiger partial charge in [0, 0.05) is 17.7 Å². The van der Waals surface area contributed by atoms with Gasteiger partial charge >= 0.3 is 5.97 Å². The van der Waals surface area contributed by atoms with Gasteiger partial charge in [-0.15, -0.1) is 0 Å². The summed E-state index contributed by atoms with van der Waals surface area (Å²) in [5.41, 5.74) is 1.03. The zero-order valence-electron chi connectivity index (χ0n) is 16.5. The molecule has 144 valence electrons. The molecule has 0 bridgehead atoms. The summed E-state index contributed by atoms with van der Waals surface area (Å²) in [5, 5.41) is 14.8. The van der Waals surface area contributed by atoms with Crippen molar-refractivity contribution in [2.75, 3.05) is 5.32 Å². The van der Waals surface area contributed by atoms with E-state index in [0.29, 0.717) is 17.7 Å². The first-order chi connectivity index (χ1) is 11.9. The Kier molecular flexibility index (Phi) is 7.36. The Morgan fingerprint density at radius 1 is 1.15 bits per heavy atom. The molecule has 0 radical (unpaired) electrons. The van der Waals surface area contributed by atoms with Crippen LogP contribution >= 0.6 is 0 Å². The summed E-state index contributed by atoms with van der Waals surface area (Å²) >= 11 is 0. The molecule has 1 atom stereocenters. The van der Waals surface area contributed by atoms with Gasteiger partial charge in [0.1, 0.15) is 0 Å². The molecule has 3 N–H and O–H groups in total. The van der Waals surface area contributed by atoms with Crippen molar-refractivity contribution in [3.63, 3.8) is 0 Å². The van der Waals surface area contributed by atoms with E-state index in [1.54, 1.807) is 25.1 Å². The van der Waals surface area contributed by atoms with Gasteiger partial charge in [0.25, 0.3) is 5.91 Å². The lowest BCUT2D eigenvalue weighted by atomic mass is 9.85. The number of carbonyl (C=O) groups excluding carboxylic acids is 2. The van der Waals surface area contributed by atoms with Gasteiger partial charge < -0.3 is 15.7 Å². The fourth-order valence-electron chi connectivity index (χ4n) is 2.56. The van der Waals surface area contributed by atoms with E-state index in [2.05, 4.69) is 10.6 Å². The summed E-state index contributed by atoms with van der Waals surface area (Å²) < 4.78 is 0. The molecule has 26 heavy (non-hydrogen) atoms. The molecule has 0 aliphatic carbocycles. The molecule has 6 nitrogen and oxygen atoms in total. The Bertz CT molecular complexity index is 682. The second-order valence-electron chi connectivity index (χ2n) is 7.77. The van der Waals surface area contributed by atoms with Crippen LogP contribution in [0.25, 0.3) is 0 Å². The van der Waals surface area contributed by atoms with Crippen molar-refractivity contribution in [1.29, 1.82) is 0 Å². The predicted octanol–water partition coefficient (Wildman–Crippen LogP) is 3.60. The van der Waals surface area contributed by atoms with Crippen LogP contribution < -0.4 is 10.6 Å². The summed E-state index contributed by atoms with van der Waals surface area (Å²) in [5.74, 6) is -1.12. The average molecular weight is 362 g/mol. The second-order valence-corrected chi connectivity index (χ2v) is 7.77. The zero-order valence-corrected chi connectivity index (χ0v) is 16.5. The van der Waals surface area contributed by atoms with E-state index in [-0.39, 0.29) is 30.1 Å². The molecule has 1 aromatic rings. The summed E-state index contributed by atoms with van der Waals surface area (Å²) in [4.78, 5) is 35.6. The average Bonchev–Trinajstić information content (AvgIpc) is 2.47. The lowest BCUT2D eigenvalue weighted by molar-refractivity contribution is -0.139. The number of carboxylic acids is 1. The van der Waals surface area contributed by atoms with Crippen LogP contribution in [-0.2, 0) is 9.59 Å². The minimum Gasteiger partial charge on any atom is -0.481 e. The van der Waals surface area contributed by atoms with Crippen LogP contribution in [0.3, 0.4) is 0 Å². The van der Waals surface area contributed by atoms with E-state index in [9.17, 15) is 14.4 Å². The molecular formula is C20H30N2O4. The maximum atomic E-state index is 12.6. The van der Waals surface area contributed by atoms with E-state index < -0.39 is 11.5 Å². The van der Waals surface area contributed by atoms with Crippen LogP contribution in [0.1, 0.15) is 63.4 Å². The molecule has 6 heteroatoms. The lowest BCUT2D eigenvalue weighted by Crippen LogP contribution is -2.51. The van der Waals surface area contributed by atoms with Gasteiger partial charge in [0.15, 0.2) is 0 Å². The summed E-state index contributed by atoms with van der Waals surface area (Å²) in [6.45, 7) is 11.3. The number of amides is 2. The van der Waals surface area contributed by atoms with Gasteiger partial charge in [-0.1, -0.05) is 27.7 Å². The van der Waals surface area contributed by atoms with E-state index in [1.165, 1.54) is 0 Å². The number of carbonyl (C=O) groups is 3. The highest BCUT2D eigenvalue weighted by molar-refractivity contribution is 5.97.